The first-order valence-electron chi connectivity index (χ1n) is 19.4. The van der Waals surface area contributed by atoms with Crippen molar-refractivity contribution in [2.75, 3.05) is 42.1 Å². The number of carbonyl (C=O) groups excluding carboxylic acids is 2. The van der Waals surface area contributed by atoms with E-state index in [2.05, 4.69) is 61.6 Å². The van der Waals surface area contributed by atoms with Crippen LogP contribution in [0.5, 0.6) is 0 Å². The predicted octanol–water partition coefficient (Wildman–Crippen LogP) is 8.39. The number of piperazine rings is 1. The van der Waals surface area contributed by atoms with E-state index in [0.29, 0.717) is 17.7 Å². The summed E-state index contributed by atoms with van der Waals surface area (Å²) in [5, 5.41) is 7.33. The smallest absolute Gasteiger partial charge is 0.264 e. The lowest BCUT2D eigenvalue weighted by atomic mass is 9.93. The minimum absolute atomic E-state index is 0.00425. The van der Waals surface area contributed by atoms with E-state index in [1.54, 1.807) is 36.0 Å². The number of amides is 2. The number of thioether (sulfide) groups is 1. The van der Waals surface area contributed by atoms with E-state index in [-0.39, 0.29) is 28.4 Å². The van der Waals surface area contributed by atoms with Gasteiger partial charge in [0, 0.05) is 83.8 Å². The average Bonchev–Trinajstić information content (AvgIpc) is 3.20. The molecule has 1 aliphatic heterocycles. The third kappa shape index (κ3) is 10.8. The van der Waals surface area contributed by atoms with E-state index < -0.39 is 15.9 Å². The van der Waals surface area contributed by atoms with Crippen LogP contribution < -0.4 is 20.3 Å². The Morgan fingerprint density at radius 3 is 2.23 bits per heavy atom. The van der Waals surface area contributed by atoms with Gasteiger partial charge in [0.15, 0.2) is 0 Å². The van der Waals surface area contributed by atoms with Crippen molar-refractivity contribution in [1.82, 2.24) is 14.9 Å². The van der Waals surface area contributed by atoms with Crippen molar-refractivity contribution in [3.8, 4) is 11.1 Å². The van der Waals surface area contributed by atoms with Gasteiger partial charge in [-0.2, -0.15) is 0 Å². The van der Waals surface area contributed by atoms with Crippen LogP contribution in [0.1, 0.15) is 47.2 Å². The summed E-state index contributed by atoms with van der Waals surface area (Å²) < 4.78 is 29.1. The van der Waals surface area contributed by atoms with E-state index in [4.69, 9.17) is 11.6 Å². The van der Waals surface area contributed by atoms with Gasteiger partial charge >= 0.3 is 0 Å². The zero-order valence-corrected chi connectivity index (χ0v) is 34.4. The van der Waals surface area contributed by atoms with Gasteiger partial charge in [0.2, 0.25) is 5.91 Å². The largest absolute Gasteiger partial charge is 0.381 e. The standard InChI is InChI=1S/C45H48ClN5O4S2/c1-32-28-41(22-23-43(32)47-38(29-44(52)48-37-9-7-10-37)31-56-40-11-3-2-4-12-40)57(54,55)49-45(53)34-16-20-39(21-17-34)51-26-24-50(25-27-51)30-35-8-5-6-13-42(35)33-14-18-36(46)19-15-33/h2-6,8,11-23,28,37-38,47H,7,9-10,24-27,29-31H2,1H3,(H,48,52)(H,49,53)/t38-/m1/s1. The summed E-state index contributed by atoms with van der Waals surface area (Å²) in [5.74, 6) is -0.0429. The fourth-order valence-electron chi connectivity index (χ4n) is 7.15. The summed E-state index contributed by atoms with van der Waals surface area (Å²) in [4.78, 5) is 31.9. The first-order chi connectivity index (χ1) is 27.6. The molecule has 0 aromatic heterocycles. The number of hydrogen-bond acceptors (Lipinski definition) is 8. The van der Waals surface area contributed by atoms with E-state index >= 15 is 0 Å². The Bertz CT molecular complexity index is 2260. The van der Waals surface area contributed by atoms with Crippen molar-refractivity contribution in [2.24, 2.45) is 0 Å². The summed E-state index contributed by atoms with van der Waals surface area (Å²) in [6, 6.07) is 38.3. The normalized spacial score (nSPS) is 15.4. The van der Waals surface area contributed by atoms with Crippen LogP contribution in [0.25, 0.3) is 11.1 Å². The van der Waals surface area contributed by atoms with Gasteiger partial charge < -0.3 is 15.5 Å². The number of nitrogens with one attached hydrogen (secondary N) is 3. The number of sulfonamides is 1. The molecule has 7 rings (SSSR count). The van der Waals surface area contributed by atoms with Gasteiger partial charge in [-0.05, 0) is 115 Å². The number of aryl methyl sites for hydroxylation is 1. The van der Waals surface area contributed by atoms with E-state index in [0.717, 1.165) is 78.8 Å². The Balaban J connectivity index is 0.930. The van der Waals surface area contributed by atoms with Crippen LogP contribution >= 0.6 is 23.4 Å². The van der Waals surface area contributed by atoms with Crippen LogP contribution in [0, 0.1) is 6.92 Å². The highest BCUT2D eigenvalue weighted by atomic mass is 35.5. The number of nitrogens with zero attached hydrogens (tertiary/aromatic N) is 2. The van der Waals surface area contributed by atoms with Gasteiger partial charge in [-0.1, -0.05) is 66.2 Å². The van der Waals surface area contributed by atoms with Gasteiger partial charge in [0.1, 0.15) is 0 Å². The Labute approximate surface area is 345 Å². The molecule has 1 saturated heterocycles. The van der Waals surface area contributed by atoms with Crippen LogP contribution in [-0.2, 0) is 21.4 Å². The van der Waals surface area contributed by atoms with Crippen molar-refractivity contribution >= 4 is 56.6 Å². The lowest BCUT2D eigenvalue weighted by molar-refractivity contribution is -0.122. The second-order valence-corrected chi connectivity index (χ2v) is 18.0. The van der Waals surface area contributed by atoms with Gasteiger partial charge in [0.25, 0.3) is 15.9 Å². The fourth-order valence-corrected chi connectivity index (χ4v) is 9.28. The summed E-state index contributed by atoms with van der Waals surface area (Å²) in [7, 11) is -4.15. The second kappa shape index (κ2) is 18.6. The number of rotatable bonds is 15. The summed E-state index contributed by atoms with van der Waals surface area (Å²) in [6.07, 6.45) is 3.46. The molecule has 57 heavy (non-hydrogen) atoms. The Morgan fingerprint density at radius 1 is 0.842 bits per heavy atom. The molecular weight excluding hydrogens is 774 g/mol. The first kappa shape index (κ1) is 40.4. The molecule has 3 N–H and O–H groups in total. The second-order valence-electron chi connectivity index (χ2n) is 14.8. The molecule has 2 amide bonds. The summed E-state index contributed by atoms with van der Waals surface area (Å²) in [6.45, 7) is 6.07. The molecule has 0 spiro atoms. The molecule has 2 fully saturated rings. The van der Waals surface area contributed by atoms with E-state index in [1.165, 1.54) is 17.2 Å². The molecule has 296 valence electrons. The van der Waals surface area contributed by atoms with Crippen molar-refractivity contribution in [3.63, 3.8) is 0 Å². The third-order valence-electron chi connectivity index (χ3n) is 10.6. The minimum atomic E-state index is -4.15. The highest BCUT2D eigenvalue weighted by molar-refractivity contribution is 7.99. The molecule has 9 nitrogen and oxygen atoms in total. The minimum Gasteiger partial charge on any atom is -0.381 e. The lowest BCUT2D eigenvalue weighted by Crippen LogP contribution is -2.46. The van der Waals surface area contributed by atoms with Gasteiger partial charge in [-0.25, -0.2) is 13.1 Å². The van der Waals surface area contributed by atoms with E-state index in [1.807, 2.05) is 61.5 Å². The van der Waals surface area contributed by atoms with Gasteiger partial charge in [-0.3, -0.25) is 14.5 Å². The maximum Gasteiger partial charge on any atom is 0.264 e. The molecule has 0 unspecified atom stereocenters. The Hall–Kier alpha value is -4.81. The Morgan fingerprint density at radius 2 is 1.54 bits per heavy atom. The summed E-state index contributed by atoms with van der Waals surface area (Å²) >= 11 is 7.79. The molecule has 0 bridgehead atoms. The third-order valence-corrected chi connectivity index (χ3v) is 13.4. The van der Waals surface area contributed by atoms with Crippen LogP contribution in [0.4, 0.5) is 11.4 Å². The van der Waals surface area contributed by atoms with Gasteiger partial charge in [-0.15, -0.1) is 11.8 Å². The molecule has 1 aliphatic carbocycles. The van der Waals surface area contributed by atoms with Crippen LogP contribution in [0.3, 0.4) is 0 Å². The maximum atomic E-state index is 13.4. The average molecular weight is 822 g/mol. The number of anilines is 2. The highest BCUT2D eigenvalue weighted by Crippen LogP contribution is 2.28. The predicted molar refractivity (Wildman–Crippen MR) is 232 cm³/mol. The molecule has 1 saturated carbocycles. The van der Waals surface area contributed by atoms with Crippen molar-refractivity contribution in [2.45, 2.75) is 61.0 Å². The zero-order valence-electron chi connectivity index (χ0n) is 32.0. The maximum absolute atomic E-state index is 13.4. The van der Waals surface area contributed by atoms with Gasteiger partial charge in [0.05, 0.1) is 4.90 Å². The van der Waals surface area contributed by atoms with Crippen molar-refractivity contribution in [3.05, 3.63) is 143 Å². The van der Waals surface area contributed by atoms with Crippen LogP contribution in [-0.4, -0.2) is 69.1 Å². The molecular formula is C45H48ClN5O4S2. The zero-order chi connectivity index (χ0) is 39.8. The molecule has 0 radical (unpaired) electrons. The number of benzene rings is 5. The lowest BCUT2D eigenvalue weighted by Gasteiger charge is -2.36. The fraction of sp³-hybridized carbons (Fsp3) is 0.289. The molecule has 12 heteroatoms. The number of halogens is 1. The first-order valence-corrected chi connectivity index (χ1v) is 22.3. The quantitative estimate of drug-likeness (QED) is 0.0905. The highest BCUT2D eigenvalue weighted by Gasteiger charge is 2.24. The molecule has 5 aromatic rings. The van der Waals surface area contributed by atoms with Crippen LogP contribution in [0.15, 0.2) is 131 Å². The van der Waals surface area contributed by atoms with E-state index in [9.17, 15) is 18.0 Å². The van der Waals surface area contributed by atoms with Crippen molar-refractivity contribution < 1.29 is 18.0 Å². The molecule has 1 heterocycles. The summed E-state index contributed by atoms with van der Waals surface area (Å²) in [5.41, 5.74) is 6.28. The molecule has 1 atom stereocenters. The topological polar surface area (TPSA) is 111 Å². The SMILES string of the molecule is Cc1cc(S(=O)(=O)NC(=O)c2ccc(N3CCN(Cc4ccccc4-c4ccc(Cl)cc4)CC3)cc2)ccc1N[C@@H](CSc1ccccc1)CC(=O)NC1CCC1. The Kier molecular flexibility index (Phi) is 13.2. The molecule has 2 aliphatic rings. The number of carbonyl (C=O) groups is 2. The van der Waals surface area contributed by atoms with Crippen LogP contribution in [0.2, 0.25) is 5.02 Å². The monoisotopic (exact) mass is 821 g/mol. The number of hydrogen-bond donors (Lipinski definition) is 3. The van der Waals surface area contributed by atoms with Crippen molar-refractivity contribution in [1.29, 1.82) is 0 Å². The molecule has 5 aromatic carbocycles.